The van der Waals surface area contributed by atoms with Crippen LogP contribution in [0.25, 0.3) is 0 Å². The first-order chi connectivity index (χ1) is 10.4. The SMILES string of the molecule is CCC1(CO)CCN(C(=O)Nc2ccc(F)c(F)c2F)CC1. The van der Waals surface area contributed by atoms with Gasteiger partial charge in [0.05, 0.1) is 5.69 Å². The van der Waals surface area contributed by atoms with Crippen LogP contribution in [0.1, 0.15) is 26.2 Å². The number of rotatable bonds is 3. The predicted molar refractivity (Wildman–Crippen MR) is 76.0 cm³/mol. The molecule has 0 spiro atoms. The molecule has 1 aromatic carbocycles. The number of hydrogen-bond donors (Lipinski definition) is 2. The Morgan fingerprint density at radius 1 is 1.27 bits per heavy atom. The minimum atomic E-state index is -1.61. The van der Waals surface area contributed by atoms with E-state index in [1.807, 2.05) is 6.92 Å². The van der Waals surface area contributed by atoms with Gasteiger partial charge in [0, 0.05) is 19.7 Å². The van der Waals surface area contributed by atoms with E-state index >= 15 is 0 Å². The molecule has 7 heteroatoms. The Bertz CT molecular complexity index is 552. The monoisotopic (exact) mass is 316 g/mol. The summed E-state index contributed by atoms with van der Waals surface area (Å²) in [5.74, 6) is -4.32. The molecule has 0 radical (unpaired) electrons. The molecule has 1 saturated heterocycles. The molecule has 2 rings (SSSR count). The van der Waals surface area contributed by atoms with E-state index in [1.165, 1.54) is 4.90 Å². The van der Waals surface area contributed by atoms with Crippen LogP contribution in [0.3, 0.4) is 0 Å². The maximum Gasteiger partial charge on any atom is 0.321 e. The molecule has 2 amide bonds. The van der Waals surface area contributed by atoms with Gasteiger partial charge in [0.25, 0.3) is 0 Å². The lowest BCUT2D eigenvalue weighted by Crippen LogP contribution is -2.46. The molecule has 122 valence electrons. The van der Waals surface area contributed by atoms with Gasteiger partial charge in [-0.05, 0) is 36.8 Å². The van der Waals surface area contributed by atoms with Crippen molar-refractivity contribution in [3.63, 3.8) is 0 Å². The quantitative estimate of drug-likeness (QED) is 0.842. The number of carbonyl (C=O) groups is 1. The fourth-order valence-corrected chi connectivity index (χ4v) is 2.62. The number of aliphatic hydroxyl groups excluding tert-OH is 1. The maximum absolute atomic E-state index is 13.5. The molecule has 0 unspecified atom stereocenters. The molecule has 22 heavy (non-hydrogen) atoms. The summed E-state index contributed by atoms with van der Waals surface area (Å²) in [4.78, 5) is 13.5. The van der Waals surface area contributed by atoms with Gasteiger partial charge in [-0.2, -0.15) is 0 Å². The topological polar surface area (TPSA) is 52.6 Å². The summed E-state index contributed by atoms with van der Waals surface area (Å²) in [6.07, 6.45) is 2.11. The lowest BCUT2D eigenvalue weighted by Gasteiger charge is -2.40. The summed E-state index contributed by atoms with van der Waals surface area (Å²) < 4.78 is 39.5. The summed E-state index contributed by atoms with van der Waals surface area (Å²) in [5.41, 5.74) is -0.567. The van der Waals surface area contributed by atoms with Crippen molar-refractivity contribution in [2.45, 2.75) is 26.2 Å². The van der Waals surface area contributed by atoms with Crippen molar-refractivity contribution in [2.24, 2.45) is 5.41 Å². The van der Waals surface area contributed by atoms with Gasteiger partial charge in [-0.1, -0.05) is 6.92 Å². The Hall–Kier alpha value is -1.76. The summed E-state index contributed by atoms with van der Waals surface area (Å²) in [5, 5.41) is 11.7. The molecule has 1 aliphatic heterocycles. The normalized spacial score (nSPS) is 17.4. The third-order valence-electron chi connectivity index (χ3n) is 4.47. The number of likely N-dealkylation sites (tertiary alicyclic amines) is 1. The van der Waals surface area contributed by atoms with E-state index in [2.05, 4.69) is 5.32 Å². The molecular weight excluding hydrogens is 297 g/mol. The number of amides is 2. The minimum absolute atomic E-state index is 0.0662. The number of halogens is 3. The largest absolute Gasteiger partial charge is 0.396 e. The van der Waals surface area contributed by atoms with Gasteiger partial charge >= 0.3 is 6.03 Å². The van der Waals surface area contributed by atoms with Gasteiger partial charge in [0.15, 0.2) is 17.5 Å². The third kappa shape index (κ3) is 3.19. The molecule has 0 bridgehead atoms. The van der Waals surface area contributed by atoms with E-state index in [1.54, 1.807) is 0 Å². The molecule has 0 atom stereocenters. The zero-order chi connectivity index (χ0) is 16.3. The first kappa shape index (κ1) is 16.6. The van der Waals surface area contributed by atoms with Crippen molar-refractivity contribution in [1.29, 1.82) is 0 Å². The molecule has 0 aromatic heterocycles. The van der Waals surface area contributed by atoms with E-state index in [0.29, 0.717) is 25.9 Å². The molecule has 1 aliphatic rings. The van der Waals surface area contributed by atoms with E-state index in [9.17, 15) is 23.1 Å². The highest BCUT2D eigenvalue weighted by Crippen LogP contribution is 2.34. The van der Waals surface area contributed by atoms with Crippen LogP contribution in [0.4, 0.5) is 23.7 Å². The average molecular weight is 316 g/mol. The van der Waals surface area contributed by atoms with E-state index in [-0.39, 0.29) is 12.0 Å². The summed E-state index contributed by atoms with van der Waals surface area (Å²) in [6.45, 7) is 2.90. The van der Waals surface area contributed by atoms with Crippen molar-refractivity contribution in [3.05, 3.63) is 29.6 Å². The molecule has 0 aliphatic carbocycles. The van der Waals surface area contributed by atoms with Crippen LogP contribution in [-0.2, 0) is 0 Å². The van der Waals surface area contributed by atoms with Gasteiger partial charge in [0.1, 0.15) is 0 Å². The molecule has 0 saturated carbocycles. The van der Waals surface area contributed by atoms with Crippen molar-refractivity contribution in [3.8, 4) is 0 Å². The molecule has 4 nitrogen and oxygen atoms in total. The van der Waals surface area contributed by atoms with Gasteiger partial charge in [0.2, 0.25) is 0 Å². The van der Waals surface area contributed by atoms with Gasteiger partial charge < -0.3 is 15.3 Å². The zero-order valence-electron chi connectivity index (χ0n) is 12.3. The standard InChI is InChI=1S/C15H19F3N2O2/c1-2-15(9-21)5-7-20(8-6-15)14(22)19-11-4-3-10(16)12(17)13(11)18/h3-4,21H,2,5-9H2,1H3,(H,19,22). The van der Waals surface area contributed by atoms with Crippen molar-refractivity contribution < 1.29 is 23.1 Å². The van der Waals surface area contributed by atoms with Crippen molar-refractivity contribution in [1.82, 2.24) is 4.90 Å². The first-order valence-corrected chi connectivity index (χ1v) is 7.23. The number of benzene rings is 1. The van der Waals surface area contributed by atoms with Gasteiger partial charge in [-0.25, -0.2) is 18.0 Å². The van der Waals surface area contributed by atoms with Gasteiger partial charge in [-0.15, -0.1) is 0 Å². The molecule has 1 aromatic rings. The van der Waals surface area contributed by atoms with Crippen LogP contribution in [0.15, 0.2) is 12.1 Å². The van der Waals surface area contributed by atoms with E-state index in [4.69, 9.17) is 0 Å². The number of carbonyl (C=O) groups excluding carboxylic acids is 1. The highest BCUT2D eigenvalue weighted by atomic mass is 19.2. The smallest absolute Gasteiger partial charge is 0.321 e. The zero-order valence-corrected chi connectivity index (χ0v) is 12.3. The van der Waals surface area contributed by atoms with E-state index in [0.717, 1.165) is 18.6 Å². The van der Waals surface area contributed by atoms with Crippen LogP contribution in [0.5, 0.6) is 0 Å². The van der Waals surface area contributed by atoms with Crippen LogP contribution < -0.4 is 5.32 Å². The lowest BCUT2D eigenvalue weighted by molar-refractivity contribution is 0.0542. The Morgan fingerprint density at radius 2 is 1.91 bits per heavy atom. The lowest BCUT2D eigenvalue weighted by atomic mass is 9.77. The first-order valence-electron chi connectivity index (χ1n) is 7.23. The van der Waals surface area contributed by atoms with Crippen molar-refractivity contribution in [2.75, 3.05) is 25.0 Å². The molecular formula is C15H19F3N2O2. The second kappa shape index (κ2) is 6.56. The van der Waals surface area contributed by atoms with Crippen molar-refractivity contribution >= 4 is 11.7 Å². The highest BCUT2D eigenvalue weighted by molar-refractivity contribution is 5.89. The summed E-state index contributed by atoms with van der Waals surface area (Å²) in [6, 6.07) is 1.19. The number of hydrogen-bond acceptors (Lipinski definition) is 2. The second-order valence-electron chi connectivity index (χ2n) is 5.65. The number of anilines is 1. The predicted octanol–water partition coefficient (Wildman–Crippen LogP) is 3.12. The summed E-state index contributed by atoms with van der Waals surface area (Å²) >= 11 is 0. The number of nitrogens with one attached hydrogen (secondary N) is 1. The fraction of sp³-hybridized carbons (Fsp3) is 0.533. The Kier molecular flexibility index (Phi) is 4.95. The van der Waals surface area contributed by atoms with Crippen LogP contribution in [0.2, 0.25) is 0 Å². The van der Waals surface area contributed by atoms with Crippen LogP contribution in [0, 0.1) is 22.9 Å². The summed E-state index contributed by atoms with van der Waals surface area (Å²) in [7, 11) is 0. The Balaban J connectivity index is 2.01. The molecule has 2 N–H and O–H groups in total. The van der Waals surface area contributed by atoms with Crippen LogP contribution >= 0.6 is 0 Å². The Labute approximate surface area is 126 Å². The fourth-order valence-electron chi connectivity index (χ4n) is 2.62. The third-order valence-corrected chi connectivity index (χ3v) is 4.47. The highest BCUT2D eigenvalue weighted by Gasteiger charge is 2.34. The van der Waals surface area contributed by atoms with Crippen LogP contribution in [-0.4, -0.2) is 35.7 Å². The second-order valence-corrected chi connectivity index (χ2v) is 5.65. The van der Waals surface area contributed by atoms with E-state index < -0.39 is 29.2 Å². The Morgan fingerprint density at radius 3 is 2.45 bits per heavy atom. The average Bonchev–Trinajstić information content (AvgIpc) is 2.55. The minimum Gasteiger partial charge on any atom is -0.396 e. The molecule has 1 fully saturated rings. The number of urea groups is 1. The number of nitrogens with zero attached hydrogens (tertiary/aromatic N) is 1. The van der Waals surface area contributed by atoms with Gasteiger partial charge in [-0.3, -0.25) is 0 Å². The number of piperidine rings is 1. The maximum atomic E-state index is 13.5. The molecule has 1 heterocycles. The number of aliphatic hydroxyl groups is 1.